The smallest absolute Gasteiger partial charge is 0.0696 e. The summed E-state index contributed by atoms with van der Waals surface area (Å²) in [7, 11) is 3.30. The van der Waals surface area contributed by atoms with Crippen molar-refractivity contribution < 1.29 is 42.2 Å². The van der Waals surface area contributed by atoms with Gasteiger partial charge in [-0.15, -0.1) is 0 Å². The van der Waals surface area contributed by atoms with Gasteiger partial charge in [-0.25, -0.2) is 0 Å². The molecule has 0 bridgehead atoms. The quantitative estimate of drug-likeness (QED) is 0.579. The minimum absolute atomic E-state index is 0. The van der Waals surface area contributed by atoms with E-state index in [4.69, 9.17) is 0 Å². The van der Waals surface area contributed by atoms with Crippen LogP contribution in [0.1, 0.15) is 0 Å². The van der Waals surface area contributed by atoms with E-state index in [0.29, 0.717) is 13.2 Å². The van der Waals surface area contributed by atoms with Crippen molar-refractivity contribution in [3.63, 3.8) is 0 Å². The van der Waals surface area contributed by atoms with E-state index in [1.165, 1.54) is 0 Å². The van der Waals surface area contributed by atoms with E-state index in [9.17, 15) is 0 Å². The van der Waals surface area contributed by atoms with Crippen LogP contribution in [0.3, 0.4) is 0 Å². The molecule has 0 aromatic heterocycles. The Kier molecular flexibility index (Phi) is 15.7. The number of ether oxygens (including phenoxy) is 2. The average Bonchev–Trinajstić information content (AvgIpc) is 1.61. The first-order valence-electron chi connectivity index (χ1n) is 1.89. The van der Waals surface area contributed by atoms with Crippen LogP contribution in [0.15, 0.2) is 0 Å². The fraction of sp³-hybridized carbons (Fsp3) is 1.00. The largest absolute Gasteiger partial charge is 0.382 e. The Hall–Kier alpha value is 1.02. The van der Waals surface area contributed by atoms with Crippen molar-refractivity contribution in [3.8, 4) is 0 Å². The van der Waals surface area contributed by atoms with Gasteiger partial charge in [-0.3, -0.25) is 0 Å². The molecule has 0 saturated carbocycles. The topological polar surface area (TPSA) is 18.5 Å². The molecular weight excluding hydrogens is 169 g/mol. The number of rotatable bonds is 3. The van der Waals surface area contributed by atoms with E-state index < -0.39 is 0 Å². The van der Waals surface area contributed by atoms with E-state index in [0.717, 1.165) is 0 Å². The SMILES string of the molecule is COCCOC.[Y]. The Labute approximate surface area is 69.4 Å². The first-order valence-corrected chi connectivity index (χ1v) is 1.89. The Morgan fingerprint density at radius 3 is 1.43 bits per heavy atom. The van der Waals surface area contributed by atoms with Crippen molar-refractivity contribution >= 4 is 0 Å². The first kappa shape index (κ1) is 10.9. The molecule has 2 nitrogen and oxygen atoms in total. The molecule has 0 unspecified atom stereocenters. The van der Waals surface area contributed by atoms with Crippen LogP contribution in [0, 0.1) is 0 Å². The van der Waals surface area contributed by atoms with E-state index in [2.05, 4.69) is 9.47 Å². The van der Waals surface area contributed by atoms with Crippen LogP contribution in [0.2, 0.25) is 0 Å². The summed E-state index contributed by atoms with van der Waals surface area (Å²) in [5.74, 6) is 0. The number of hydrogen-bond donors (Lipinski definition) is 0. The van der Waals surface area contributed by atoms with Gasteiger partial charge in [0.25, 0.3) is 0 Å². The zero-order chi connectivity index (χ0) is 4.83. The molecule has 0 heterocycles. The fourth-order valence-electron chi connectivity index (χ4n) is 0.167. The van der Waals surface area contributed by atoms with Gasteiger partial charge in [0, 0.05) is 46.9 Å². The van der Waals surface area contributed by atoms with Crippen molar-refractivity contribution in [2.75, 3.05) is 27.4 Å². The molecule has 0 aliphatic carbocycles. The van der Waals surface area contributed by atoms with Gasteiger partial charge in [0.15, 0.2) is 0 Å². The third-order valence-corrected chi connectivity index (χ3v) is 0.492. The molecule has 0 atom stereocenters. The van der Waals surface area contributed by atoms with Gasteiger partial charge in [0.1, 0.15) is 0 Å². The van der Waals surface area contributed by atoms with Crippen LogP contribution in [0.5, 0.6) is 0 Å². The maximum Gasteiger partial charge on any atom is 0.0696 e. The Morgan fingerprint density at radius 1 is 1.00 bits per heavy atom. The molecule has 41 valence electrons. The van der Waals surface area contributed by atoms with Crippen molar-refractivity contribution in [1.29, 1.82) is 0 Å². The molecule has 3 heteroatoms. The third kappa shape index (κ3) is 10.9. The molecule has 0 amide bonds. The molecule has 0 aliphatic rings. The summed E-state index contributed by atoms with van der Waals surface area (Å²) < 4.78 is 9.31. The van der Waals surface area contributed by atoms with Gasteiger partial charge in [-0.1, -0.05) is 0 Å². The fourth-order valence-corrected chi connectivity index (χ4v) is 0.167. The Bertz CT molecular complexity index is 21.7. The van der Waals surface area contributed by atoms with E-state index in [-0.39, 0.29) is 32.7 Å². The summed E-state index contributed by atoms with van der Waals surface area (Å²) >= 11 is 0. The summed E-state index contributed by atoms with van der Waals surface area (Å²) in [5.41, 5.74) is 0. The maximum absolute atomic E-state index is 4.66. The van der Waals surface area contributed by atoms with E-state index >= 15 is 0 Å². The monoisotopic (exact) mass is 179 g/mol. The maximum atomic E-state index is 4.66. The minimum atomic E-state index is 0. The summed E-state index contributed by atoms with van der Waals surface area (Å²) in [6.07, 6.45) is 0. The van der Waals surface area contributed by atoms with Crippen LogP contribution < -0.4 is 0 Å². The Morgan fingerprint density at radius 2 is 1.29 bits per heavy atom. The van der Waals surface area contributed by atoms with Crippen molar-refractivity contribution in [2.45, 2.75) is 0 Å². The standard InChI is InChI=1S/C4H10O2.Y/c1-5-3-4-6-2;/h3-4H2,1-2H3;. The van der Waals surface area contributed by atoms with Gasteiger partial charge >= 0.3 is 0 Å². The second-order valence-electron chi connectivity index (χ2n) is 0.986. The average molecular weight is 179 g/mol. The molecule has 0 rings (SSSR count). The van der Waals surface area contributed by atoms with Gasteiger partial charge in [0.2, 0.25) is 0 Å². The number of methoxy groups -OCH3 is 2. The van der Waals surface area contributed by atoms with E-state index in [1.54, 1.807) is 14.2 Å². The van der Waals surface area contributed by atoms with Crippen molar-refractivity contribution in [2.24, 2.45) is 0 Å². The molecular formula is C4H10O2Y. The van der Waals surface area contributed by atoms with Gasteiger partial charge in [0.05, 0.1) is 13.2 Å². The third-order valence-electron chi connectivity index (χ3n) is 0.492. The second-order valence-corrected chi connectivity index (χ2v) is 0.986. The zero-order valence-electron chi connectivity index (χ0n) is 4.81. The molecule has 7 heavy (non-hydrogen) atoms. The summed E-state index contributed by atoms with van der Waals surface area (Å²) in [6.45, 7) is 1.38. The summed E-state index contributed by atoms with van der Waals surface area (Å²) in [4.78, 5) is 0. The normalized spacial score (nSPS) is 7.71. The van der Waals surface area contributed by atoms with Gasteiger partial charge in [-0.05, 0) is 0 Å². The molecule has 0 fully saturated rings. The van der Waals surface area contributed by atoms with Crippen LogP contribution in [-0.2, 0) is 42.2 Å². The predicted molar refractivity (Wildman–Crippen MR) is 23.8 cm³/mol. The van der Waals surface area contributed by atoms with Crippen LogP contribution in [-0.4, -0.2) is 27.4 Å². The van der Waals surface area contributed by atoms with E-state index in [1.807, 2.05) is 0 Å². The molecule has 1 radical (unpaired) electrons. The molecule has 0 aromatic carbocycles. The minimum Gasteiger partial charge on any atom is -0.382 e. The zero-order valence-corrected chi connectivity index (χ0v) is 7.65. The van der Waals surface area contributed by atoms with Gasteiger partial charge in [-0.2, -0.15) is 0 Å². The molecule has 0 spiro atoms. The summed E-state index contributed by atoms with van der Waals surface area (Å²) in [5, 5.41) is 0. The van der Waals surface area contributed by atoms with Crippen molar-refractivity contribution in [3.05, 3.63) is 0 Å². The predicted octanol–water partition coefficient (Wildman–Crippen LogP) is 0.277. The first-order chi connectivity index (χ1) is 2.91. The van der Waals surface area contributed by atoms with Crippen LogP contribution in [0.25, 0.3) is 0 Å². The van der Waals surface area contributed by atoms with Crippen LogP contribution in [0.4, 0.5) is 0 Å². The molecule has 0 N–H and O–H groups in total. The van der Waals surface area contributed by atoms with Crippen molar-refractivity contribution in [1.82, 2.24) is 0 Å². The Balaban J connectivity index is 0. The molecule has 0 aliphatic heterocycles. The second kappa shape index (κ2) is 10.1. The molecule has 0 saturated heterocycles. The number of hydrogen-bond acceptors (Lipinski definition) is 2. The van der Waals surface area contributed by atoms with Crippen LogP contribution >= 0.6 is 0 Å². The van der Waals surface area contributed by atoms with Gasteiger partial charge < -0.3 is 9.47 Å². The summed E-state index contributed by atoms with van der Waals surface area (Å²) in [6, 6.07) is 0. The molecule has 0 aromatic rings.